The van der Waals surface area contributed by atoms with Crippen LogP contribution in [-0.2, 0) is 10.3 Å². The van der Waals surface area contributed by atoms with Gasteiger partial charge in [-0.05, 0) is 31.2 Å². The third-order valence-corrected chi connectivity index (χ3v) is 3.79. The van der Waals surface area contributed by atoms with Crippen molar-refractivity contribution < 1.29 is 9.26 Å². The van der Waals surface area contributed by atoms with Gasteiger partial charge in [-0.3, -0.25) is 0 Å². The summed E-state index contributed by atoms with van der Waals surface area (Å²) in [4.78, 5) is 4.39. The van der Waals surface area contributed by atoms with Gasteiger partial charge in [-0.25, -0.2) is 0 Å². The molecule has 1 fully saturated rings. The molecule has 17 heavy (non-hydrogen) atoms. The number of ether oxygens (including phenoxy) is 1. The predicted molar refractivity (Wildman–Crippen MR) is 64.6 cm³/mol. The molecule has 0 aromatic carbocycles. The van der Waals surface area contributed by atoms with Gasteiger partial charge < -0.3 is 15.0 Å². The van der Waals surface area contributed by atoms with Gasteiger partial charge in [-0.15, -0.1) is 11.3 Å². The van der Waals surface area contributed by atoms with Crippen LogP contribution in [0.1, 0.15) is 25.6 Å². The van der Waals surface area contributed by atoms with Crippen molar-refractivity contribution in [2.75, 3.05) is 12.3 Å². The minimum Gasteiger partial charge on any atom is -0.390 e. The van der Waals surface area contributed by atoms with E-state index in [1.807, 2.05) is 18.4 Å². The first-order valence-electron chi connectivity index (χ1n) is 5.50. The minimum atomic E-state index is -0.410. The first-order chi connectivity index (χ1) is 8.19. The van der Waals surface area contributed by atoms with E-state index in [1.165, 1.54) is 11.3 Å². The second kappa shape index (κ2) is 3.82. The summed E-state index contributed by atoms with van der Waals surface area (Å²) in [5, 5.41) is 6.60. The van der Waals surface area contributed by atoms with Gasteiger partial charge in [0.2, 0.25) is 5.82 Å². The Labute approximate surface area is 103 Å². The molecule has 0 bridgehead atoms. The molecule has 1 unspecified atom stereocenters. The normalized spacial score (nSPS) is 24.3. The van der Waals surface area contributed by atoms with Crippen molar-refractivity contribution in [3.8, 4) is 11.5 Å². The van der Waals surface area contributed by atoms with Gasteiger partial charge in [0.1, 0.15) is 5.60 Å². The summed E-state index contributed by atoms with van der Waals surface area (Å²) in [5.74, 6) is 1.08. The average Bonchev–Trinajstić information content (AvgIpc) is 2.97. The van der Waals surface area contributed by atoms with Crippen molar-refractivity contribution >= 4 is 16.3 Å². The predicted octanol–water partition coefficient (Wildman–Crippen LogP) is 2.41. The highest BCUT2D eigenvalue weighted by atomic mass is 32.1. The summed E-state index contributed by atoms with van der Waals surface area (Å²) in [6.45, 7) is 2.74. The zero-order valence-electron chi connectivity index (χ0n) is 9.47. The van der Waals surface area contributed by atoms with Gasteiger partial charge in [0.05, 0.1) is 10.6 Å². The van der Waals surface area contributed by atoms with Gasteiger partial charge in [0, 0.05) is 6.61 Å². The van der Waals surface area contributed by atoms with Crippen molar-refractivity contribution in [1.82, 2.24) is 10.1 Å². The lowest BCUT2D eigenvalue weighted by Crippen LogP contribution is -2.21. The van der Waals surface area contributed by atoms with E-state index < -0.39 is 5.60 Å². The van der Waals surface area contributed by atoms with Crippen LogP contribution in [0.15, 0.2) is 16.0 Å². The molecule has 2 N–H and O–H groups in total. The molecule has 3 rings (SSSR count). The molecular formula is C11H13N3O2S. The van der Waals surface area contributed by atoms with E-state index in [2.05, 4.69) is 10.1 Å². The maximum absolute atomic E-state index is 5.83. The van der Waals surface area contributed by atoms with Crippen molar-refractivity contribution in [3.63, 3.8) is 0 Å². The quantitative estimate of drug-likeness (QED) is 0.887. The molecule has 1 aliphatic rings. The summed E-state index contributed by atoms with van der Waals surface area (Å²) in [6, 6.07) is 1.88. The van der Waals surface area contributed by atoms with Crippen LogP contribution in [0.25, 0.3) is 11.5 Å². The molecular weight excluding hydrogens is 238 g/mol. The summed E-state index contributed by atoms with van der Waals surface area (Å²) < 4.78 is 10.9. The molecule has 0 aliphatic carbocycles. The Kier molecular flexibility index (Phi) is 2.41. The molecule has 0 spiro atoms. The highest BCUT2D eigenvalue weighted by Gasteiger charge is 2.36. The summed E-state index contributed by atoms with van der Waals surface area (Å²) in [7, 11) is 0. The Bertz CT molecular complexity index is 528. The maximum atomic E-state index is 5.83. The molecule has 0 radical (unpaired) electrons. The van der Waals surface area contributed by atoms with Gasteiger partial charge in [-0.2, -0.15) is 4.98 Å². The number of anilines is 1. The molecule has 2 aromatic heterocycles. The fourth-order valence-electron chi connectivity index (χ4n) is 2.00. The third-order valence-electron chi connectivity index (χ3n) is 3.04. The largest absolute Gasteiger partial charge is 0.390 e. The Morgan fingerprint density at radius 1 is 1.53 bits per heavy atom. The summed E-state index contributed by atoms with van der Waals surface area (Å²) >= 11 is 1.46. The Hall–Kier alpha value is -1.40. The number of hydrogen-bond donors (Lipinski definition) is 1. The SMILES string of the molecule is CC1(c2noc(-c3ccsc3N)n2)CCCO1. The van der Waals surface area contributed by atoms with Gasteiger partial charge in [0.15, 0.2) is 0 Å². The van der Waals surface area contributed by atoms with Crippen LogP contribution in [0, 0.1) is 0 Å². The molecule has 1 saturated heterocycles. The van der Waals surface area contributed by atoms with Crippen molar-refractivity contribution in [1.29, 1.82) is 0 Å². The number of thiophene rings is 1. The Morgan fingerprint density at radius 3 is 3.06 bits per heavy atom. The second-order valence-electron chi connectivity index (χ2n) is 4.30. The molecule has 3 heterocycles. The van der Waals surface area contributed by atoms with E-state index in [4.69, 9.17) is 15.0 Å². The van der Waals surface area contributed by atoms with Crippen LogP contribution in [0.5, 0.6) is 0 Å². The molecule has 90 valence electrons. The third kappa shape index (κ3) is 1.73. The van der Waals surface area contributed by atoms with Crippen molar-refractivity contribution in [3.05, 3.63) is 17.3 Å². The van der Waals surface area contributed by atoms with Crippen LogP contribution in [0.3, 0.4) is 0 Å². The zero-order chi connectivity index (χ0) is 11.9. The fourth-order valence-corrected chi connectivity index (χ4v) is 2.63. The number of rotatable bonds is 2. The van der Waals surface area contributed by atoms with Crippen LogP contribution in [-0.4, -0.2) is 16.7 Å². The van der Waals surface area contributed by atoms with Crippen LogP contribution in [0.4, 0.5) is 5.00 Å². The molecule has 2 aromatic rings. The van der Waals surface area contributed by atoms with E-state index in [0.29, 0.717) is 16.7 Å². The number of nitrogens with two attached hydrogens (primary N) is 1. The highest BCUT2D eigenvalue weighted by molar-refractivity contribution is 7.14. The number of nitrogens with zero attached hydrogens (tertiary/aromatic N) is 2. The lowest BCUT2D eigenvalue weighted by atomic mass is 10.0. The number of aromatic nitrogens is 2. The smallest absolute Gasteiger partial charge is 0.261 e. The summed E-state index contributed by atoms with van der Waals surface area (Å²) in [6.07, 6.45) is 1.95. The molecule has 1 atom stereocenters. The lowest BCUT2D eigenvalue weighted by molar-refractivity contribution is 0.00768. The van der Waals surface area contributed by atoms with Crippen LogP contribution < -0.4 is 5.73 Å². The maximum Gasteiger partial charge on any atom is 0.261 e. The standard InChI is InChI=1S/C11H13N3O2S/c1-11(4-2-5-15-11)10-13-9(16-14-10)7-3-6-17-8(7)12/h3,6H,2,4-5,12H2,1H3. The number of hydrogen-bond acceptors (Lipinski definition) is 6. The first-order valence-corrected chi connectivity index (χ1v) is 6.38. The van der Waals surface area contributed by atoms with Crippen LogP contribution in [0.2, 0.25) is 0 Å². The lowest BCUT2D eigenvalue weighted by Gasteiger charge is -2.17. The van der Waals surface area contributed by atoms with Gasteiger partial charge in [-0.1, -0.05) is 5.16 Å². The van der Waals surface area contributed by atoms with Crippen molar-refractivity contribution in [2.45, 2.75) is 25.4 Å². The number of nitrogen functional groups attached to an aromatic ring is 1. The highest BCUT2D eigenvalue weighted by Crippen LogP contribution is 2.36. The zero-order valence-corrected chi connectivity index (χ0v) is 10.3. The van der Waals surface area contributed by atoms with Crippen LogP contribution >= 0.6 is 11.3 Å². The molecule has 0 amide bonds. The first kappa shape index (κ1) is 10.7. The molecule has 6 heteroatoms. The average molecular weight is 251 g/mol. The van der Waals surface area contributed by atoms with Crippen molar-refractivity contribution in [2.24, 2.45) is 0 Å². The van der Waals surface area contributed by atoms with E-state index >= 15 is 0 Å². The monoisotopic (exact) mass is 251 g/mol. The van der Waals surface area contributed by atoms with E-state index in [-0.39, 0.29) is 0 Å². The van der Waals surface area contributed by atoms with E-state index in [9.17, 15) is 0 Å². The van der Waals surface area contributed by atoms with Gasteiger partial charge >= 0.3 is 0 Å². The second-order valence-corrected chi connectivity index (χ2v) is 5.25. The minimum absolute atomic E-state index is 0.410. The Balaban J connectivity index is 1.96. The molecule has 1 aliphatic heterocycles. The Morgan fingerprint density at radius 2 is 2.41 bits per heavy atom. The van der Waals surface area contributed by atoms with E-state index in [0.717, 1.165) is 25.0 Å². The summed E-state index contributed by atoms with van der Waals surface area (Å²) in [5.41, 5.74) is 6.22. The molecule has 0 saturated carbocycles. The van der Waals surface area contributed by atoms with E-state index in [1.54, 1.807) is 0 Å². The fraction of sp³-hybridized carbons (Fsp3) is 0.455. The molecule has 5 nitrogen and oxygen atoms in total. The van der Waals surface area contributed by atoms with Gasteiger partial charge in [0.25, 0.3) is 5.89 Å². The topological polar surface area (TPSA) is 74.2 Å².